The molecule has 1 N–H and O–H groups in total. The fraction of sp³-hybridized carbons (Fsp3) is 0.750. The molecule has 1 aromatic rings. The van der Waals surface area contributed by atoms with E-state index in [0.717, 1.165) is 25.5 Å². The molecule has 6 heteroatoms. The Kier molecular flexibility index (Phi) is 10.2. The van der Waals surface area contributed by atoms with Crippen molar-refractivity contribution in [2.75, 3.05) is 27.2 Å². The second-order valence-corrected chi connectivity index (χ2v) is 7.32. The number of rotatable bonds is 6. The lowest BCUT2D eigenvalue weighted by molar-refractivity contribution is 0.465. The van der Waals surface area contributed by atoms with Crippen LogP contribution in [0.5, 0.6) is 0 Å². The summed E-state index contributed by atoms with van der Waals surface area (Å²) in [5.41, 5.74) is 1.32. The van der Waals surface area contributed by atoms with Crippen molar-refractivity contribution in [2.24, 2.45) is 4.99 Å². The molecule has 0 aliphatic carbocycles. The summed E-state index contributed by atoms with van der Waals surface area (Å²) >= 11 is 1.75. The lowest BCUT2D eigenvalue weighted by Gasteiger charge is -2.21. The van der Waals surface area contributed by atoms with Gasteiger partial charge in [0.15, 0.2) is 5.96 Å². The molecule has 0 aliphatic rings. The van der Waals surface area contributed by atoms with Gasteiger partial charge in [-0.25, -0.2) is 4.98 Å². The van der Waals surface area contributed by atoms with E-state index in [4.69, 9.17) is 4.98 Å². The molecule has 0 spiro atoms. The molecule has 0 saturated heterocycles. The molecule has 1 aromatic heterocycles. The van der Waals surface area contributed by atoms with E-state index >= 15 is 0 Å². The van der Waals surface area contributed by atoms with Gasteiger partial charge in [0.05, 0.1) is 10.7 Å². The van der Waals surface area contributed by atoms with Crippen LogP contribution in [0.15, 0.2) is 10.4 Å². The molecular weight excluding hydrogens is 407 g/mol. The van der Waals surface area contributed by atoms with Crippen LogP contribution in [0.2, 0.25) is 0 Å². The monoisotopic (exact) mass is 438 g/mol. The van der Waals surface area contributed by atoms with Gasteiger partial charge < -0.3 is 10.2 Å². The largest absolute Gasteiger partial charge is 0.356 e. The van der Waals surface area contributed by atoms with Crippen molar-refractivity contribution in [3.63, 3.8) is 0 Å². The molecule has 128 valence electrons. The number of halogens is 1. The predicted octanol–water partition coefficient (Wildman–Crippen LogP) is 3.91. The molecule has 1 heterocycles. The average Bonchev–Trinajstić information content (AvgIpc) is 2.89. The number of nitrogens with one attached hydrogen (secondary N) is 1. The molecule has 1 rings (SSSR count). The lowest BCUT2D eigenvalue weighted by atomic mass is 9.93. The molecule has 0 atom stereocenters. The van der Waals surface area contributed by atoms with Crippen LogP contribution in [0.3, 0.4) is 0 Å². The van der Waals surface area contributed by atoms with Gasteiger partial charge in [-0.3, -0.25) is 4.99 Å². The number of aliphatic imine (C=N–C) groups is 1. The molecule has 0 aromatic carbocycles. The third-order valence-corrected chi connectivity index (χ3v) is 4.27. The summed E-state index contributed by atoms with van der Waals surface area (Å²) in [6.07, 6.45) is 3.34. The first-order chi connectivity index (χ1) is 9.88. The number of unbranched alkanes of at least 4 members (excludes halogenated alkanes) is 1. The Morgan fingerprint density at radius 2 is 2.09 bits per heavy atom. The summed E-state index contributed by atoms with van der Waals surface area (Å²) in [4.78, 5) is 11.2. The standard InChI is InChI=1S/C16H30N4S.HI/c1-7-8-11-20(6)15(17-5)18-10-9-14-19-13(12-21-14)16(2,3)4;/h12H,7-11H2,1-6H3,(H,17,18);1H. The highest BCUT2D eigenvalue weighted by atomic mass is 127. The Balaban J connectivity index is 0.00000441. The zero-order valence-electron chi connectivity index (χ0n) is 14.8. The Hall–Kier alpha value is -0.370. The van der Waals surface area contributed by atoms with Gasteiger partial charge >= 0.3 is 0 Å². The van der Waals surface area contributed by atoms with Crippen LogP contribution in [0, 0.1) is 0 Å². The third-order valence-electron chi connectivity index (χ3n) is 3.36. The SMILES string of the molecule is CCCCN(C)C(=NC)NCCc1nc(C(C)(C)C)cs1.I. The topological polar surface area (TPSA) is 40.5 Å². The van der Waals surface area contributed by atoms with Gasteiger partial charge in [-0.2, -0.15) is 0 Å². The van der Waals surface area contributed by atoms with E-state index in [9.17, 15) is 0 Å². The first-order valence-corrected chi connectivity index (χ1v) is 8.63. The number of thiazole rings is 1. The third kappa shape index (κ3) is 7.26. The number of nitrogens with zero attached hydrogens (tertiary/aromatic N) is 3. The first kappa shape index (κ1) is 21.6. The predicted molar refractivity (Wildman–Crippen MR) is 109 cm³/mol. The minimum atomic E-state index is 0. The van der Waals surface area contributed by atoms with Crippen LogP contribution >= 0.6 is 35.3 Å². The van der Waals surface area contributed by atoms with Crippen LogP contribution in [0.4, 0.5) is 0 Å². The highest BCUT2D eigenvalue weighted by molar-refractivity contribution is 14.0. The van der Waals surface area contributed by atoms with Crippen molar-refractivity contribution >= 4 is 41.3 Å². The van der Waals surface area contributed by atoms with Crippen molar-refractivity contribution in [3.8, 4) is 0 Å². The van der Waals surface area contributed by atoms with Crippen molar-refractivity contribution in [1.82, 2.24) is 15.2 Å². The van der Waals surface area contributed by atoms with E-state index in [-0.39, 0.29) is 29.4 Å². The maximum Gasteiger partial charge on any atom is 0.193 e. The van der Waals surface area contributed by atoms with E-state index in [1.165, 1.54) is 23.5 Å². The van der Waals surface area contributed by atoms with E-state index in [0.29, 0.717) is 0 Å². The van der Waals surface area contributed by atoms with Crippen molar-refractivity contribution in [3.05, 3.63) is 16.1 Å². The number of hydrogen-bond acceptors (Lipinski definition) is 3. The summed E-state index contributed by atoms with van der Waals surface area (Å²) in [5, 5.41) is 6.79. The quantitative estimate of drug-likeness (QED) is 0.416. The van der Waals surface area contributed by atoms with Gasteiger partial charge in [0.2, 0.25) is 0 Å². The Labute approximate surface area is 156 Å². The van der Waals surface area contributed by atoms with E-state index in [1.54, 1.807) is 11.3 Å². The smallest absolute Gasteiger partial charge is 0.193 e. The first-order valence-electron chi connectivity index (χ1n) is 7.75. The van der Waals surface area contributed by atoms with Gasteiger partial charge in [0.25, 0.3) is 0 Å². The fourth-order valence-corrected chi connectivity index (χ4v) is 2.96. The van der Waals surface area contributed by atoms with Gasteiger partial charge in [-0.05, 0) is 6.42 Å². The van der Waals surface area contributed by atoms with E-state index in [2.05, 4.69) is 55.3 Å². The molecule has 0 bridgehead atoms. The summed E-state index contributed by atoms with van der Waals surface area (Å²) < 4.78 is 0. The maximum atomic E-state index is 4.72. The summed E-state index contributed by atoms with van der Waals surface area (Å²) in [6, 6.07) is 0. The molecule has 0 fully saturated rings. The molecule has 0 amide bonds. The van der Waals surface area contributed by atoms with Gasteiger partial charge in [-0.1, -0.05) is 34.1 Å². The highest BCUT2D eigenvalue weighted by Gasteiger charge is 2.17. The highest BCUT2D eigenvalue weighted by Crippen LogP contribution is 2.23. The fourth-order valence-electron chi connectivity index (χ4n) is 1.94. The minimum absolute atomic E-state index is 0. The second kappa shape index (κ2) is 10.4. The molecule has 4 nitrogen and oxygen atoms in total. The molecular formula is C16H31IN4S. The average molecular weight is 438 g/mol. The minimum Gasteiger partial charge on any atom is -0.356 e. The summed E-state index contributed by atoms with van der Waals surface area (Å²) in [7, 11) is 3.93. The Bertz CT molecular complexity index is 451. The molecule has 0 saturated carbocycles. The van der Waals surface area contributed by atoms with Gasteiger partial charge in [-0.15, -0.1) is 35.3 Å². The summed E-state index contributed by atoms with van der Waals surface area (Å²) in [5.74, 6) is 0.969. The Morgan fingerprint density at radius 3 is 2.59 bits per heavy atom. The van der Waals surface area contributed by atoms with Crippen molar-refractivity contribution < 1.29 is 0 Å². The van der Waals surface area contributed by atoms with Crippen LogP contribution in [0.1, 0.15) is 51.2 Å². The molecule has 0 radical (unpaired) electrons. The molecule has 0 unspecified atom stereocenters. The Morgan fingerprint density at radius 1 is 1.41 bits per heavy atom. The second-order valence-electron chi connectivity index (χ2n) is 6.38. The normalized spacial score (nSPS) is 12.0. The molecule has 22 heavy (non-hydrogen) atoms. The lowest BCUT2D eigenvalue weighted by Crippen LogP contribution is -2.40. The number of aromatic nitrogens is 1. The van der Waals surface area contributed by atoms with Crippen LogP contribution in [0.25, 0.3) is 0 Å². The zero-order valence-corrected chi connectivity index (χ0v) is 17.9. The van der Waals surface area contributed by atoms with E-state index < -0.39 is 0 Å². The van der Waals surface area contributed by atoms with Gasteiger partial charge in [0, 0.05) is 44.4 Å². The maximum absolute atomic E-state index is 4.72. The zero-order chi connectivity index (χ0) is 15.9. The number of guanidine groups is 1. The van der Waals surface area contributed by atoms with Gasteiger partial charge in [0.1, 0.15) is 0 Å². The van der Waals surface area contributed by atoms with E-state index in [1.807, 2.05) is 7.05 Å². The number of hydrogen-bond donors (Lipinski definition) is 1. The van der Waals surface area contributed by atoms with Crippen LogP contribution in [-0.2, 0) is 11.8 Å². The van der Waals surface area contributed by atoms with Crippen molar-refractivity contribution in [2.45, 2.75) is 52.4 Å². The molecule has 0 aliphatic heterocycles. The van der Waals surface area contributed by atoms with Crippen LogP contribution in [-0.4, -0.2) is 43.0 Å². The summed E-state index contributed by atoms with van der Waals surface area (Å²) in [6.45, 7) is 10.7. The van der Waals surface area contributed by atoms with Crippen molar-refractivity contribution in [1.29, 1.82) is 0 Å². The van der Waals surface area contributed by atoms with Crippen LogP contribution < -0.4 is 5.32 Å².